The number of hydrogen-bond donors (Lipinski definition) is 1. The smallest absolute Gasteiger partial charge is 0.218 e. The zero-order valence-corrected chi connectivity index (χ0v) is 12.5. The van der Waals surface area contributed by atoms with Gasteiger partial charge in [0.2, 0.25) is 5.88 Å². The molecule has 0 spiro atoms. The molecule has 0 unspecified atom stereocenters. The number of hydrogen-bond acceptors (Lipinski definition) is 5. The van der Waals surface area contributed by atoms with Gasteiger partial charge < -0.3 is 14.8 Å². The molecule has 112 valence electrons. The molecule has 5 heteroatoms. The minimum absolute atomic E-state index is 0.479. The minimum atomic E-state index is 0.479. The van der Waals surface area contributed by atoms with Crippen LogP contribution in [0, 0.1) is 0 Å². The topological polar surface area (TPSA) is 56.3 Å². The Kier molecular flexibility index (Phi) is 6.05. The van der Waals surface area contributed by atoms with E-state index < -0.39 is 0 Å². The maximum Gasteiger partial charge on any atom is 0.218 e. The van der Waals surface area contributed by atoms with Crippen LogP contribution in [0.4, 0.5) is 5.82 Å². The van der Waals surface area contributed by atoms with Crippen LogP contribution in [0.25, 0.3) is 0 Å². The highest BCUT2D eigenvalue weighted by Gasteiger charge is 2.19. The Labute approximate surface area is 121 Å². The number of aromatic nitrogens is 2. The molecule has 2 rings (SSSR count). The van der Waals surface area contributed by atoms with Crippen LogP contribution in [-0.2, 0) is 4.74 Å². The van der Waals surface area contributed by atoms with Gasteiger partial charge in [-0.15, -0.1) is 0 Å². The van der Waals surface area contributed by atoms with Crippen molar-refractivity contribution in [1.82, 2.24) is 9.97 Å². The van der Waals surface area contributed by atoms with E-state index in [1.165, 1.54) is 32.1 Å². The van der Waals surface area contributed by atoms with Crippen molar-refractivity contribution in [3.63, 3.8) is 0 Å². The second kappa shape index (κ2) is 8.04. The zero-order valence-electron chi connectivity index (χ0n) is 12.5. The van der Waals surface area contributed by atoms with Gasteiger partial charge in [0.15, 0.2) is 0 Å². The number of rotatable bonds is 7. The fourth-order valence-corrected chi connectivity index (χ4v) is 2.56. The normalized spacial score (nSPS) is 16.1. The third kappa shape index (κ3) is 4.34. The fourth-order valence-electron chi connectivity index (χ4n) is 2.56. The molecule has 0 radical (unpaired) electrons. The van der Waals surface area contributed by atoms with Crippen LogP contribution in [0.5, 0.6) is 5.88 Å². The third-order valence-electron chi connectivity index (χ3n) is 3.59. The van der Waals surface area contributed by atoms with E-state index in [-0.39, 0.29) is 0 Å². The van der Waals surface area contributed by atoms with E-state index in [0.29, 0.717) is 25.0 Å². The molecular formula is C15H25N3O2. The second-order valence-electron chi connectivity index (χ2n) is 5.16. The van der Waals surface area contributed by atoms with Crippen molar-refractivity contribution in [3.8, 4) is 5.88 Å². The molecule has 1 aliphatic rings. The number of nitrogens with zero attached hydrogens (tertiary/aromatic N) is 2. The molecule has 0 atom stereocenters. The van der Waals surface area contributed by atoms with E-state index in [4.69, 9.17) is 9.47 Å². The summed E-state index contributed by atoms with van der Waals surface area (Å²) in [5.41, 5.74) is 0. The zero-order chi connectivity index (χ0) is 14.2. The first-order valence-corrected chi connectivity index (χ1v) is 7.58. The van der Waals surface area contributed by atoms with Gasteiger partial charge in [0.05, 0.1) is 6.61 Å². The maximum atomic E-state index is 5.65. The minimum Gasteiger partial charge on any atom is -0.475 e. The van der Waals surface area contributed by atoms with Gasteiger partial charge in [-0.2, -0.15) is 4.98 Å². The molecule has 5 nitrogen and oxygen atoms in total. The summed E-state index contributed by atoms with van der Waals surface area (Å²) in [4.78, 5) is 9.22. The van der Waals surface area contributed by atoms with Crippen molar-refractivity contribution in [3.05, 3.63) is 11.9 Å². The van der Waals surface area contributed by atoms with Crippen LogP contribution in [0.1, 0.15) is 50.8 Å². The summed E-state index contributed by atoms with van der Waals surface area (Å²) in [7, 11) is 1.67. The van der Waals surface area contributed by atoms with Gasteiger partial charge in [0, 0.05) is 25.6 Å². The van der Waals surface area contributed by atoms with Gasteiger partial charge in [-0.3, -0.25) is 0 Å². The highest BCUT2D eigenvalue weighted by molar-refractivity contribution is 5.38. The summed E-state index contributed by atoms with van der Waals surface area (Å²) >= 11 is 0. The number of ether oxygens (including phenoxy) is 2. The third-order valence-corrected chi connectivity index (χ3v) is 3.59. The van der Waals surface area contributed by atoms with Crippen molar-refractivity contribution in [1.29, 1.82) is 0 Å². The average molecular weight is 279 g/mol. The Morgan fingerprint density at radius 2 is 2.00 bits per heavy atom. The largest absolute Gasteiger partial charge is 0.475 e. The quantitative estimate of drug-likeness (QED) is 0.778. The van der Waals surface area contributed by atoms with Gasteiger partial charge >= 0.3 is 0 Å². The number of anilines is 1. The van der Waals surface area contributed by atoms with E-state index >= 15 is 0 Å². The molecular weight excluding hydrogens is 254 g/mol. The van der Waals surface area contributed by atoms with E-state index in [0.717, 1.165) is 18.2 Å². The standard InChI is InChI=1S/C15H25N3O2/c1-3-16-13-11-14(20-10-9-19-2)18-15(17-13)12-7-5-4-6-8-12/h11-12H,3-10H2,1-2H3,(H,16,17,18). The Morgan fingerprint density at radius 1 is 1.20 bits per heavy atom. The van der Waals surface area contributed by atoms with Crippen LogP contribution in [0.3, 0.4) is 0 Å². The first-order chi connectivity index (χ1) is 9.83. The van der Waals surface area contributed by atoms with Crippen LogP contribution in [0.2, 0.25) is 0 Å². The molecule has 1 N–H and O–H groups in total. The predicted molar refractivity (Wildman–Crippen MR) is 79.4 cm³/mol. The van der Waals surface area contributed by atoms with E-state index in [9.17, 15) is 0 Å². The van der Waals surface area contributed by atoms with E-state index in [1.807, 2.05) is 6.07 Å². The lowest BCUT2D eigenvalue weighted by Gasteiger charge is -2.21. The number of methoxy groups -OCH3 is 1. The molecule has 1 aliphatic carbocycles. The maximum absolute atomic E-state index is 5.65. The molecule has 0 aromatic carbocycles. The predicted octanol–water partition coefficient (Wildman–Crippen LogP) is 2.98. The van der Waals surface area contributed by atoms with Gasteiger partial charge in [-0.1, -0.05) is 19.3 Å². The van der Waals surface area contributed by atoms with Gasteiger partial charge in [-0.25, -0.2) is 4.98 Å². The Morgan fingerprint density at radius 3 is 2.70 bits per heavy atom. The molecule has 1 saturated carbocycles. The van der Waals surface area contributed by atoms with Crippen molar-refractivity contribution in [2.75, 3.05) is 32.2 Å². The van der Waals surface area contributed by atoms with Gasteiger partial charge in [-0.05, 0) is 19.8 Å². The van der Waals surface area contributed by atoms with Crippen LogP contribution in [-0.4, -0.2) is 36.8 Å². The number of nitrogens with one attached hydrogen (secondary N) is 1. The SMILES string of the molecule is CCNc1cc(OCCOC)nc(C2CCCCC2)n1. The lowest BCUT2D eigenvalue weighted by molar-refractivity contribution is 0.143. The van der Waals surface area contributed by atoms with E-state index in [2.05, 4.69) is 22.2 Å². The first kappa shape index (κ1) is 15.0. The molecule has 1 aromatic rings. The summed E-state index contributed by atoms with van der Waals surface area (Å²) in [6.07, 6.45) is 6.26. The lowest BCUT2D eigenvalue weighted by atomic mass is 9.89. The van der Waals surface area contributed by atoms with Crippen molar-refractivity contribution in [2.45, 2.75) is 44.9 Å². The molecule has 1 heterocycles. The highest BCUT2D eigenvalue weighted by atomic mass is 16.5. The highest BCUT2D eigenvalue weighted by Crippen LogP contribution is 2.32. The first-order valence-electron chi connectivity index (χ1n) is 7.58. The Hall–Kier alpha value is -1.36. The molecule has 0 aliphatic heterocycles. The second-order valence-corrected chi connectivity index (χ2v) is 5.16. The van der Waals surface area contributed by atoms with Gasteiger partial charge in [0.1, 0.15) is 18.2 Å². The molecule has 20 heavy (non-hydrogen) atoms. The summed E-state index contributed by atoms with van der Waals surface area (Å²) < 4.78 is 10.7. The van der Waals surface area contributed by atoms with Crippen molar-refractivity contribution < 1.29 is 9.47 Å². The van der Waals surface area contributed by atoms with E-state index in [1.54, 1.807) is 7.11 Å². The van der Waals surface area contributed by atoms with Crippen LogP contribution >= 0.6 is 0 Å². The lowest BCUT2D eigenvalue weighted by Crippen LogP contribution is -2.13. The van der Waals surface area contributed by atoms with Crippen molar-refractivity contribution in [2.24, 2.45) is 0 Å². The summed E-state index contributed by atoms with van der Waals surface area (Å²) in [5, 5.41) is 3.26. The van der Waals surface area contributed by atoms with Crippen LogP contribution < -0.4 is 10.1 Å². The summed E-state index contributed by atoms with van der Waals surface area (Å²) in [6, 6.07) is 1.87. The molecule has 0 bridgehead atoms. The molecule has 1 fully saturated rings. The Balaban J connectivity index is 2.11. The monoisotopic (exact) mass is 279 g/mol. The fraction of sp³-hybridized carbons (Fsp3) is 0.733. The average Bonchev–Trinajstić information content (AvgIpc) is 2.49. The molecule has 1 aromatic heterocycles. The molecule has 0 amide bonds. The Bertz CT molecular complexity index is 406. The summed E-state index contributed by atoms with van der Waals surface area (Å²) in [6.45, 7) is 4.00. The van der Waals surface area contributed by atoms with Crippen molar-refractivity contribution >= 4 is 5.82 Å². The summed E-state index contributed by atoms with van der Waals surface area (Å²) in [5.74, 6) is 2.91. The van der Waals surface area contributed by atoms with Gasteiger partial charge in [0.25, 0.3) is 0 Å². The molecule has 0 saturated heterocycles. The van der Waals surface area contributed by atoms with Crippen LogP contribution in [0.15, 0.2) is 6.07 Å².